The molecule has 0 heterocycles. The Morgan fingerprint density at radius 3 is 2.24 bits per heavy atom. The van der Waals surface area contributed by atoms with Crippen molar-refractivity contribution in [3.63, 3.8) is 0 Å². The summed E-state index contributed by atoms with van der Waals surface area (Å²) >= 11 is 5.92. The van der Waals surface area contributed by atoms with Crippen molar-refractivity contribution >= 4 is 17.4 Å². The highest BCUT2D eigenvalue weighted by Crippen LogP contribution is 2.42. The largest absolute Gasteiger partial charge is 0.504 e. The molecule has 3 heteroatoms. The number of allylic oxidation sites excluding steroid dienone is 2. The Balaban J connectivity index is 2.60. The summed E-state index contributed by atoms with van der Waals surface area (Å²) in [7, 11) is 0. The van der Waals surface area contributed by atoms with Crippen LogP contribution in [0.5, 0.6) is 0 Å². The van der Waals surface area contributed by atoms with E-state index in [-0.39, 0.29) is 16.6 Å². The third-order valence-corrected chi connectivity index (χ3v) is 4.21. The number of benzene rings is 1. The summed E-state index contributed by atoms with van der Waals surface area (Å²) in [4.78, 5) is 11.6. The average molecular weight is 251 g/mol. The van der Waals surface area contributed by atoms with Gasteiger partial charge in [-0.05, 0) is 55.5 Å². The van der Waals surface area contributed by atoms with E-state index in [9.17, 15) is 9.90 Å². The Morgan fingerprint density at radius 2 is 1.71 bits per heavy atom. The molecular weight excluding hydrogens is 236 g/mol. The summed E-state index contributed by atoms with van der Waals surface area (Å²) in [5, 5.41) is 9.56. The fraction of sp³-hybridized carbons (Fsp3) is 0.357. The summed E-state index contributed by atoms with van der Waals surface area (Å²) in [6, 6.07) is 2.00. The molecule has 1 aliphatic rings. The fourth-order valence-corrected chi connectivity index (χ4v) is 2.56. The van der Waals surface area contributed by atoms with Crippen LogP contribution in [-0.2, 0) is 4.79 Å². The second-order valence-electron chi connectivity index (χ2n) is 4.65. The summed E-state index contributed by atoms with van der Waals surface area (Å²) in [5.41, 5.74) is 5.56. The van der Waals surface area contributed by atoms with E-state index in [1.165, 1.54) is 11.1 Å². The molecule has 0 amide bonds. The highest BCUT2D eigenvalue weighted by atomic mass is 35.5. The minimum Gasteiger partial charge on any atom is -0.504 e. The number of carbonyl (C=O) groups is 1. The molecule has 90 valence electrons. The zero-order valence-corrected chi connectivity index (χ0v) is 11.1. The van der Waals surface area contributed by atoms with Gasteiger partial charge in [0.15, 0.2) is 5.76 Å². The number of halogens is 1. The van der Waals surface area contributed by atoms with Gasteiger partial charge in [-0.1, -0.05) is 17.7 Å². The number of ketones is 1. The van der Waals surface area contributed by atoms with Crippen molar-refractivity contribution in [1.29, 1.82) is 0 Å². The van der Waals surface area contributed by atoms with Crippen LogP contribution in [0.15, 0.2) is 16.9 Å². The Bertz CT molecular complexity index is 556. The lowest BCUT2D eigenvalue weighted by atomic mass is 9.79. The molecule has 0 radical (unpaired) electrons. The molecule has 1 atom stereocenters. The molecule has 1 aromatic carbocycles. The van der Waals surface area contributed by atoms with Crippen LogP contribution >= 0.6 is 11.6 Å². The predicted octanol–water partition coefficient (Wildman–Crippen LogP) is 3.59. The Labute approximate surface area is 106 Å². The minimum atomic E-state index is -0.463. The van der Waals surface area contributed by atoms with E-state index in [1.54, 1.807) is 0 Å². The Kier molecular flexibility index (Phi) is 2.78. The number of hydrogen-bond donors (Lipinski definition) is 1. The molecule has 0 saturated carbocycles. The first-order valence-electron chi connectivity index (χ1n) is 5.56. The number of aliphatic hydroxyl groups is 1. The van der Waals surface area contributed by atoms with Gasteiger partial charge in [-0.15, -0.1) is 0 Å². The second-order valence-corrected chi connectivity index (χ2v) is 5.06. The zero-order valence-electron chi connectivity index (χ0n) is 10.4. The normalized spacial score (nSPS) is 19.6. The van der Waals surface area contributed by atoms with Gasteiger partial charge in [0, 0.05) is 0 Å². The lowest BCUT2D eigenvalue weighted by Gasteiger charge is -2.27. The first-order chi connectivity index (χ1) is 7.86. The number of hydrogen-bond acceptors (Lipinski definition) is 2. The fourth-order valence-electron chi connectivity index (χ4n) is 2.25. The molecule has 1 aliphatic carbocycles. The molecule has 1 unspecified atom stereocenters. The van der Waals surface area contributed by atoms with E-state index < -0.39 is 5.92 Å². The molecule has 0 saturated heterocycles. The third-order valence-electron chi connectivity index (χ3n) is 3.81. The topological polar surface area (TPSA) is 37.3 Å². The van der Waals surface area contributed by atoms with Crippen molar-refractivity contribution < 1.29 is 9.90 Å². The summed E-state index contributed by atoms with van der Waals surface area (Å²) in [6.07, 6.45) is 0. The standard InChI is InChI=1S/C14H15ClO2/c1-6-5-10(9(4)8(3)7(6)2)11-12(15)14(17)13(11)16/h5,11,17H,1-4H3. The van der Waals surface area contributed by atoms with Crippen molar-refractivity contribution in [1.82, 2.24) is 0 Å². The average Bonchev–Trinajstić information content (AvgIpc) is 2.32. The monoisotopic (exact) mass is 250 g/mol. The summed E-state index contributed by atoms with van der Waals surface area (Å²) in [5.74, 6) is -1.03. The van der Waals surface area contributed by atoms with Gasteiger partial charge >= 0.3 is 0 Å². The lowest BCUT2D eigenvalue weighted by molar-refractivity contribution is -0.120. The van der Waals surface area contributed by atoms with Crippen LogP contribution in [0.1, 0.15) is 33.7 Å². The molecule has 0 bridgehead atoms. The van der Waals surface area contributed by atoms with Gasteiger partial charge in [0.1, 0.15) is 0 Å². The maximum absolute atomic E-state index is 11.6. The zero-order chi connectivity index (χ0) is 12.9. The third kappa shape index (κ3) is 1.59. The number of rotatable bonds is 1. The van der Waals surface area contributed by atoms with Gasteiger partial charge < -0.3 is 5.11 Å². The van der Waals surface area contributed by atoms with Crippen LogP contribution in [-0.4, -0.2) is 10.9 Å². The van der Waals surface area contributed by atoms with Crippen molar-refractivity contribution in [2.75, 3.05) is 0 Å². The van der Waals surface area contributed by atoms with E-state index in [0.29, 0.717) is 0 Å². The number of Topliss-reactive ketones (excluding diaryl/α,β-unsaturated/α-hetero) is 1. The molecule has 2 rings (SSSR count). The summed E-state index contributed by atoms with van der Waals surface area (Å²) in [6.45, 7) is 8.12. The highest BCUT2D eigenvalue weighted by Gasteiger charge is 2.40. The van der Waals surface area contributed by atoms with Gasteiger partial charge in [0.25, 0.3) is 0 Å². The van der Waals surface area contributed by atoms with Crippen LogP contribution in [0.3, 0.4) is 0 Å². The molecule has 1 aromatic rings. The van der Waals surface area contributed by atoms with Crippen LogP contribution in [0.4, 0.5) is 0 Å². The van der Waals surface area contributed by atoms with E-state index in [1.807, 2.05) is 26.8 Å². The van der Waals surface area contributed by atoms with Crippen molar-refractivity contribution in [2.24, 2.45) is 0 Å². The number of carbonyl (C=O) groups excluding carboxylic acids is 1. The van der Waals surface area contributed by atoms with Crippen LogP contribution in [0.2, 0.25) is 0 Å². The number of aryl methyl sites for hydroxylation is 1. The number of aliphatic hydroxyl groups excluding tert-OH is 1. The van der Waals surface area contributed by atoms with Crippen molar-refractivity contribution in [2.45, 2.75) is 33.6 Å². The summed E-state index contributed by atoms with van der Waals surface area (Å²) < 4.78 is 0. The van der Waals surface area contributed by atoms with Gasteiger partial charge in [-0.25, -0.2) is 0 Å². The minimum absolute atomic E-state index is 0.265. The second kappa shape index (κ2) is 3.88. The first kappa shape index (κ1) is 12.2. The van der Waals surface area contributed by atoms with Gasteiger partial charge in [-0.2, -0.15) is 0 Å². The lowest BCUT2D eigenvalue weighted by Crippen LogP contribution is -2.27. The highest BCUT2D eigenvalue weighted by molar-refractivity contribution is 6.39. The van der Waals surface area contributed by atoms with Crippen LogP contribution < -0.4 is 0 Å². The smallest absolute Gasteiger partial charge is 0.211 e. The molecule has 0 spiro atoms. The van der Waals surface area contributed by atoms with E-state index in [2.05, 4.69) is 6.92 Å². The maximum Gasteiger partial charge on any atom is 0.211 e. The molecule has 2 nitrogen and oxygen atoms in total. The molecular formula is C14H15ClO2. The van der Waals surface area contributed by atoms with Crippen molar-refractivity contribution in [3.05, 3.63) is 44.7 Å². The Morgan fingerprint density at radius 1 is 1.12 bits per heavy atom. The van der Waals surface area contributed by atoms with Gasteiger partial charge in [0.05, 0.1) is 11.0 Å². The quantitative estimate of drug-likeness (QED) is 0.827. The van der Waals surface area contributed by atoms with E-state index in [4.69, 9.17) is 11.6 Å². The molecule has 0 aromatic heterocycles. The molecule has 17 heavy (non-hydrogen) atoms. The maximum atomic E-state index is 11.6. The van der Waals surface area contributed by atoms with Crippen LogP contribution in [0.25, 0.3) is 0 Å². The van der Waals surface area contributed by atoms with Gasteiger partial charge in [-0.3, -0.25) is 4.79 Å². The van der Waals surface area contributed by atoms with E-state index >= 15 is 0 Å². The van der Waals surface area contributed by atoms with Gasteiger partial charge in [0.2, 0.25) is 5.78 Å². The molecule has 0 aliphatic heterocycles. The molecule has 1 N–H and O–H groups in total. The predicted molar refractivity (Wildman–Crippen MR) is 68.6 cm³/mol. The SMILES string of the molecule is Cc1cc(C2C(=O)C(O)=C2Cl)c(C)c(C)c1C. The van der Waals surface area contributed by atoms with Crippen molar-refractivity contribution in [3.8, 4) is 0 Å². The molecule has 0 fully saturated rings. The van der Waals surface area contributed by atoms with Crippen LogP contribution in [0, 0.1) is 27.7 Å². The first-order valence-corrected chi connectivity index (χ1v) is 5.94. The van der Waals surface area contributed by atoms with E-state index in [0.717, 1.165) is 16.7 Å². The Hall–Kier alpha value is -1.28.